The molecule has 0 heterocycles. The molecule has 0 fully saturated rings. The van der Waals surface area contributed by atoms with Crippen LogP contribution < -0.4 is 58.6 Å². The van der Waals surface area contributed by atoms with E-state index in [1.807, 2.05) is 0 Å². The number of hydrogen-bond donors (Lipinski definition) is 0. The monoisotopic (exact) mass is 188 g/mol. The minimum absolute atomic E-state index is 0. The Kier molecular flexibility index (Phi) is 13.4. The quantitative estimate of drug-likeness (QED) is 0.324. The molecule has 1 unspecified atom stereocenters. The van der Waals surface area contributed by atoms with Gasteiger partial charge in [0.25, 0.3) is 0 Å². The first-order chi connectivity index (χ1) is 5.00. The summed E-state index contributed by atoms with van der Waals surface area (Å²) < 4.78 is 0. The summed E-state index contributed by atoms with van der Waals surface area (Å²) in [6.07, 6.45) is 0.479. The SMILES string of the molecule is CCC(C)C(C(=O)[O-])C(=O)[O-].[Li+].[Na+]. The smallest absolute Gasteiger partial charge is 0.549 e. The van der Waals surface area contributed by atoms with Crippen LogP contribution in [-0.4, -0.2) is 11.9 Å². The largest absolute Gasteiger partial charge is 1.00 e. The van der Waals surface area contributed by atoms with Gasteiger partial charge in [0.1, 0.15) is 0 Å². The van der Waals surface area contributed by atoms with Crippen LogP contribution in [0, 0.1) is 11.8 Å². The van der Waals surface area contributed by atoms with E-state index >= 15 is 0 Å². The topological polar surface area (TPSA) is 80.3 Å². The van der Waals surface area contributed by atoms with Crippen molar-refractivity contribution >= 4 is 11.9 Å². The minimum Gasteiger partial charge on any atom is -0.549 e. The molecule has 13 heavy (non-hydrogen) atoms. The van der Waals surface area contributed by atoms with Crippen molar-refractivity contribution in [3.8, 4) is 0 Å². The van der Waals surface area contributed by atoms with Crippen LogP contribution in [0.2, 0.25) is 0 Å². The second-order valence-electron chi connectivity index (χ2n) is 2.50. The molecule has 0 bridgehead atoms. The molecule has 0 saturated heterocycles. The predicted molar refractivity (Wildman–Crippen MR) is 33.0 cm³/mol. The molecule has 0 rings (SSSR count). The van der Waals surface area contributed by atoms with Crippen molar-refractivity contribution in [2.45, 2.75) is 20.3 Å². The maximum atomic E-state index is 10.2. The van der Waals surface area contributed by atoms with E-state index in [2.05, 4.69) is 0 Å². The Balaban J connectivity index is -0.000000500. The third-order valence-electron chi connectivity index (χ3n) is 1.72. The van der Waals surface area contributed by atoms with E-state index in [4.69, 9.17) is 0 Å². The first-order valence-electron chi connectivity index (χ1n) is 3.42. The van der Waals surface area contributed by atoms with E-state index in [1.165, 1.54) is 6.92 Å². The summed E-state index contributed by atoms with van der Waals surface area (Å²) in [5.41, 5.74) is 0. The zero-order valence-corrected chi connectivity index (χ0v) is 10.5. The fourth-order valence-electron chi connectivity index (χ4n) is 0.797. The Bertz CT molecular complexity index is 160. The fraction of sp³-hybridized carbons (Fsp3) is 0.714. The molecular formula is C7H10LiNaO4. The van der Waals surface area contributed by atoms with Gasteiger partial charge < -0.3 is 19.8 Å². The van der Waals surface area contributed by atoms with E-state index in [1.54, 1.807) is 6.92 Å². The maximum absolute atomic E-state index is 10.2. The predicted octanol–water partition coefficient (Wildman–Crippen LogP) is -7.84. The first-order valence-corrected chi connectivity index (χ1v) is 3.42. The first kappa shape index (κ1) is 19.2. The summed E-state index contributed by atoms with van der Waals surface area (Å²) in [5.74, 6) is -5.07. The van der Waals surface area contributed by atoms with Crippen LogP contribution in [0.25, 0.3) is 0 Å². The van der Waals surface area contributed by atoms with Crippen LogP contribution in [0.15, 0.2) is 0 Å². The number of carbonyl (C=O) groups excluding carboxylic acids is 2. The molecule has 0 N–H and O–H groups in total. The fourth-order valence-corrected chi connectivity index (χ4v) is 0.797. The Hall–Kier alpha value is 0.537. The maximum Gasteiger partial charge on any atom is 1.00 e. The van der Waals surface area contributed by atoms with Crippen molar-refractivity contribution in [3.63, 3.8) is 0 Å². The van der Waals surface area contributed by atoms with E-state index in [0.29, 0.717) is 6.42 Å². The summed E-state index contributed by atoms with van der Waals surface area (Å²) in [6.45, 7) is 3.25. The summed E-state index contributed by atoms with van der Waals surface area (Å²) in [7, 11) is 0. The number of carboxylic acid groups (broad SMARTS) is 2. The van der Waals surface area contributed by atoms with Crippen molar-refractivity contribution in [1.29, 1.82) is 0 Å². The zero-order valence-electron chi connectivity index (χ0n) is 8.49. The normalized spacial score (nSPS) is 11.0. The molecule has 0 aromatic heterocycles. The molecule has 0 aliphatic carbocycles. The van der Waals surface area contributed by atoms with Crippen molar-refractivity contribution in [1.82, 2.24) is 0 Å². The van der Waals surface area contributed by atoms with Crippen molar-refractivity contribution in [2.24, 2.45) is 11.8 Å². The van der Waals surface area contributed by atoms with Gasteiger partial charge in [-0.25, -0.2) is 0 Å². The molecule has 0 aromatic carbocycles. The summed E-state index contributed by atoms with van der Waals surface area (Å²) in [6, 6.07) is 0. The Labute approximate surface area is 112 Å². The zero-order chi connectivity index (χ0) is 9.02. The van der Waals surface area contributed by atoms with E-state index in [0.717, 1.165) is 0 Å². The van der Waals surface area contributed by atoms with Gasteiger partial charge in [-0.2, -0.15) is 0 Å². The molecule has 0 aromatic rings. The molecule has 0 radical (unpaired) electrons. The minimum atomic E-state index is -1.57. The van der Waals surface area contributed by atoms with Crippen molar-refractivity contribution in [2.75, 3.05) is 0 Å². The molecule has 0 aliphatic rings. The van der Waals surface area contributed by atoms with Crippen LogP contribution in [0.3, 0.4) is 0 Å². The number of carboxylic acids is 2. The van der Waals surface area contributed by atoms with E-state index in [-0.39, 0.29) is 48.4 Å². The van der Waals surface area contributed by atoms with Crippen LogP contribution >= 0.6 is 0 Å². The molecule has 0 saturated carbocycles. The van der Waals surface area contributed by atoms with Gasteiger partial charge in [-0.15, -0.1) is 0 Å². The Morgan fingerprint density at radius 1 is 1.23 bits per heavy atom. The van der Waals surface area contributed by atoms with Crippen LogP contribution in [0.4, 0.5) is 0 Å². The van der Waals surface area contributed by atoms with Gasteiger partial charge in [0.2, 0.25) is 0 Å². The third kappa shape index (κ3) is 6.59. The van der Waals surface area contributed by atoms with Gasteiger partial charge in [0.05, 0.1) is 11.9 Å². The second kappa shape index (κ2) is 9.11. The Morgan fingerprint density at radius 3 is 1.62 bits per heavy atom. The van der Waals surface area contributed by atoms with E-state index in [9.17, 15) is 19.8 Å². The molecule has 1 atom stereocenters. The third-order valence-corrected chi connectivity index (χ3v) is 1.72. The van der Waals surface area contributed by atoms with Crippen LogP contribution in [-0.2, 0) is 9.59 Å². The van der Waals surface area contributed by atoms with Gasteiger partial charge in [0.15, 0.2) is 0 Å². The molecule has 64 valence electrons. The van der Waals surface area contributed by atoms with Gasteiger partial charge in [-0.1, -0.05) is 20.3 Å². The second-order valence-corrected chi connectivity index (χ2v) is 2.50. The number of hydrogen-bond acceptors (Lipinski definition) is 4. The number of rotatable bonds is 4. The molecule has 0 amide bonds. The summed E-state index contributed by atoms with van der Waals surface area (Å²) >= 11 is 0. The van der Waals surface area contributed by atoms with Crippen LogP contribution in [0.5, 0.6) is 0 Å². The average molecular weight is 188 g/mol. The summed E-state index contributed by atoms with van der Waals surface area (Å²) in [5, 5.41) is 20.4. The molecule has 0 spiro atoms. The van der Waals surface area contributed by atoms with Crippen molar-refractivity contribution in [3.05, 3.63) is 0 Å². The average Bonchev–Trinajstić information content (AvgIpc) is 1.85. The number of aliphatic carboxylic acids is 2. The standard InChI is InChI=1S/C7H12O4.Li.Na/c1-3-4(2)5(6(8)9)7(10)11;;/h4-5H,3H2,1-2H3,(H,8,9)(H,10,11);;/q;2*+1/p-2. The molecular weight excluding hydrogens is 178 g/mol. The molecule has 0 aliphatic heterocycles. The van der Waals surface area contributed by atoms with Gasteiger partial charge in [0, 0.05) is 5.92 Å². The Morgan fingerprint density at radius 2 is 1.54 bits per heavy atom. The van der Waals surface area contributed by atoms with Crippen LogP contribution in [0.1, 0.15) is 20.3 Å². The number of carbonyl (C=O) groups is 2. The van der Waals surface area contributed by atoms with Gasteiger partial charge >= 0.3 is 48.4 Å². The summed E-state index contributed by atoms with van der Waals surface area (Å²) in [4.78, 5) is 20.4. The van der Waals surface area contributed by atoms with Gasteiger partial charge in [-0.05, 0) is 5.92 Å². The van der Waals surface area contributed by atoms with Gasteiger partial charge in [-0.3, -0.25) is 0 Å². The molecule has 6 heteroatoms. The molecule has 4 nitrogen and oxygen atoms in total. The van der Waals surface area contributed by atoms with E-state index < -0.39 is 23.8 Å². The van der Waals surface area contributed by atoms with Crippen molar-refractivity contribution < 1.29 is 68.2 Å².